The van der Waals surface area contributed by atoms with E-state index in [2.05, 4.69) is 21.2 Å². The summed E-state index contributed by atoms with van der Waals surface area (Å²) >= 11 is 0. The normalized spacial score (nSPS) is 10.1. The van der Waals surface area contributed by atoms with Gasteiger partial charge < -0.3 is 9.42 Å². The first-order chi connectivity index (χ1) is 8.70. The SMILES string of the molecule is Cc1noc(-c2ccnc(N(C)CCC#N)c2)n1. The Kier molecular flexibility index (Phi) is 3.53. The molecule has 0 unspecified atom stereocenters. The highest BCUT2D eigenvalue weighted by molar-refractivity contribution is 5.58. The first-order valence-corrected chi connectivity index (χ1v) is 5.55. The van der Waals surface area contributed by atoms with Gasteiger partial charge in [0.25, 0.3) is 5.89 Å². The maximum absolute atomic E-state index is 8.57. The van der Waals surface area contributed by atoms with Gasteiger partial charge in [-0.2, -0.15) is 10.2 Å². The van der Waals surface area contributed by atoms with Crippen LogP contribution in [0.5, 0.6) is 0 Å². The summed E-state index contributed by atoms with van der Waals surface area (Å²) in [5.41, 5.74) is 0.824. The molecule has 2 aromatic heterocycles. The quantitative estimate of drug-likeness (QED) is 0.814. The van der Waals surface area contributed by atoms with Crippen molar-refractivity contribution in [3.63, 3.8) is 0 Å². The molecule has 0 amide bonds. The molecule has 92 valence electrons. The molecule has 0 aliphatic carbocycles. The third-order valence-corrected chi connectivity index (χ3v) is 2.47. The van der Waals surface area contributed by atoms with Crippen LogP contribution in [0.2, 0.25) is 0 Å². The lowest BCUT2D eigenvalue weighted by Crippen LogP contribution is -2.19. The van der Waals surface area contributed by atoms with Gasteiger partial charge in [0, 0.05) is 25.4 Å². The summed E-state index contributed by atoms with van der Waals surface area (Å²) in [5, 5.41) is 12.3. The number of pyridine rings is 1. The first kappa shape index (κ1) is 12.0. The van der Waals surface area contributed by atoms with Crippen molar-refractivity contribution >= 4 is 5.82 Å². The summed E-state index contributed by atoms with van der Waals surface area (Å²) in [6.07, 6.45) is 2.15. The van der Waals surface area contributed by atoms with Crippen molar-refractivity contribution in [2.24, 2.45) is 0 Å². The van der Waals surface area contributed by atoms with Gasteiger partial charge in [-0.25, -0.2) is 4.98 Å². The van der Waals surface area contributed by atoms with Crippen LogP contribution in [0.1, 0.15) is 12.2 Å². The van der Waals surface area contributed by atoms with Crippen molar-refractivity contribution in [2.45, 2.75) is 13.3 Å². The van der Waals surface area contributed by atoms with Crippen molar-refractivity contribution in [1.82, 2.24) is 15.1 Å². The van der Waals surface area contributed by atoms with Crippen LogP contribution < -0.4 is 4.90 Å². The monoisotopic (exact) mass is 243 g/mol. The number of nitriles is 1. The molecule has 0 aliphatic heterocycles. The molecule has 0 aliphatic rings. The molecule has 0 bridgehead atoms. The van der Waals surface area contributed by atoms with E-state index in [1.54, 1.807) is 13.1 Å². The van der Waals surface area contributed by atoms with E-state index in [9.17, 15) is 0 Å². The number of hydrogen-bond acceptors (Lipinski definition) is 6. The molecule has 0 saturated carbocycles. The van der Waals surface area contributed by atoms with Gasteiger partial charge in [-0.3, -0.25) is 0 Å². The molecule has 2 rings (SSSR count). The summed E-state index contributed by atoms with van der Waals surface area (Å²) in [6.45, 7) is 2.41. The molecule has 0 aromatic carbocycles. The third-order valence-electron chi connectivity index (χ3n) is 2.47. The van der Waals surface area contributed by atoms with Crippen LogP contribution in [0, 0.1) is 18.3 Å². The lowest BCUT2D eigenvalue weighted by Gasteiger charge is -2.16. The van der Waals surface area contributed by atoms with Gasteiger partial charge in [0.05, 0.1) is 12.5 Å². The molecule has 2 heterocycles. The second-order valence-electron chi connectivity index (χ2n) is 3.88. The van der Waals surface area contributed by atoms with E-state index in [1.807, 2.05) is 24.1 Å². The first-order valence-electron chi connectivity index (χ1n) is 5.55. The molecule has 0 atom stereocenters. The molecule has 0 spiro atoms. The molecule has 0 N–H and O–H groups in total. The molecule has 0 radical (unpaired) electrons. The number of aryl methyl sites for hydroxylation is 1. The Morgan fingerprint density at radius 1 is 1.50 bits per heavy atom. The van der Waals surface area contributed by atoms with Crippen molar-refractivity contribution < 1.29 is 4.52 Å². The third kappa shape index (κ3) is 2.63. The van der Waals surface area contributed by atoms with Crippen LogP contribution in [-0.4, -0.2) is 28.7 Å². The van der Waals surface area contributed by atoms with E-state index in [-0.39, 0.29) is 0 Å². The standard InChI is InChI=1S/C12H13N5O/c1-9-15-12(18-16-9)10-4-6-14-11(8-10)17(2)7-3-5-13/h4,6,8H,3,7H2,1-2H3. The molecule has 2 aromatic rings. The molecular formula is C12H13N5O. The smallest absolute Gasteiger partial charge is 0.258 e. The van der Waals surface area contributed by atoms with Gasteiger partial charge in [0.2, 0.25) is 0 Å². The molecular weight excluding hydrogens is 230 g/mol. The minimum absolute atomic E-state index is 0.460. The Morgan fingerprint density at radius 2 is 2.33 bits per heavy atom. The van der Waals surface area contributed by atoms with Crippen LogP contribution in [0.25, 0.3) is 11.5 Å². The summed E-state index contributed by atoms with van der Waals surface area (Å²) in [6, 6.07) is 5.79. The van der Waals surface area contributed by atoms with Gasteiger partial charge in [0.15, 0.2) is 5.82 Å². The zero-order valence-corrected chi connectivity index (χ0v) is 10.3. The van der Waals surface area contributed by atoms with Crippen LogP contribution in [0.3, 0.4) is 0 Å². The fourth-order valence-electron chi connectivity index (χ4n) is 1.51. The summed E-state index contributed by atoms with van der Waals surface area (Å²) in [7, 11) is 1.89. The molecule has 6 heteroatoms. The van der Waals surface area contributed by atoms with Gasteiger partial charge in [-0.1, -0.05) is 5.16 Å². The maximum Gasteiger partial charge on any atom is 0.258 e. The summed E-state index contributed by atoms with van der Waals surface area (Å²) in [5.74, 6) is 1.85. The van der Waals surface area contributed by atoms with Crippen LogP contribution in [-0.2, 0) is 0 Å². The number of rotatable bonds is 4. The second-order valence-corrected chi connectivity index (χ2v) is 3.88. The van der Waals surface area contributed by atoms with E-state index in [1.165, 1.54) is 0 Å². The zero-order chi connectivity index (χ0) is 13.0. The zero-order valence-electron chi connectivity index (χ0n) is 10.3. The van der Waals surface area contributed by atoms with Crippen LogP contribution in [0.15, 0.2) is 22.9 Å². The van der Waals surface area contributed by atoms with Gasteiger partial charge >= 0.3 is 0 Å². The van der Waals surface area contributed by atoms with Gasteiger partial charge in [0.1, 0.15) is 5.82 Å². The Bertz CT molecular complexity index is 572. The topological polar surface area (TPSA) is 78.8 Å². The Morgan fingerprint density at radius 3 is 3.00 bits per heavy atom. The lowest BCUT2D eigenvalue weighted by atomic mass is 10.2. The largest absolute Gasteiger partial charge is 0.359 e. The van der Waals surface area contributed by atoms with E-state index in [0.717, 1.165) is 11.4 Å². The van der Waals surface area contributed by atoms with Crippen molar-refractivity contribution in [3.8, 4) is 17.5 Å². The average Bonchev–Trinajstić information content (AvgIpc) is 2.83. The highest BCUT2D eigenvalue weighted by Crippen LogP contribution is 2.20. The minimum Gasteiger partial charge on any atom is -0.359 e. The summed E-state index contributed by atoms with van der Waals surface area (Å²) < 4.78 is 5.11. The Balaban J connectivity index is 2.22. The lowest BCUT2D eigenvalue weighted by molar-refractivity contribution is 0.425. The molecule has 6 nitrogen and oxygen atoms in total. The van der Waals surface area contributed by atoms with Crippen molar-refractivity contribution in [2.75, 3.05) is 18.5 Å². The van der Waals surface area contributed by atoms with E-state index >= 15 is 0 Å². The highest BCUT2D eigenvalue weighted by atomic mass is 16.5. The van der Waals surface area contributed by atoms with Gasteiger partial charge in [-0.05, 0) is 19.1 Å². The fraction of sp³-hybridized carbons (Fsp3) is 0.333. The minimum atomic E-state index is 0.460. The second kappa shape index (κ2) is 5.27. The number of anilines is 1. The fourth-order valence-corrected chi connectivity index (χ4v) is 1.51. The average molecular weight is 243 g/mol. The van der Waals surface area contributed by atoms with Gasteiger partial charge in [-0.15, -0.1) is 0 Å². The highest BCUT2D eigenvalue weighted by Gasteiger charge is 2.09. The van der Waals surface area contributed by atoms with Crippen LogP contribution >= 0.6 is 0 Å². The van der Waals surface area contributed by atoms with E-state index in [0.29, 0.717) is 24.7 Å². The Hall–Kier alpha value is -2.42. The van der Waals surface area contributed by atoms with Crippen LogP contribution in [0.4, 0.5) is 5.82 Å². The number of hydrogen-bond donors (Lipinski definition) is 0. The van der Waals surface area contributed by atoms with Crippen molar-refractivity contribution in [3.05, 3.63) is 24.2 Å². The van der Waals surface area contributed by atoms with E-state index < -0.39 is 0 Å². The molecule has 0 saturated heterocycles. The molecule has 18 heavy (non-hydrogen) atoms. The Labute approximate surface area is 105 Å². The predicted molar refractivity (Wildman–Crippen MR) is 65.8 cm³/mol. The molecule has 0 fully saturated rings. The van der Waals surface area contributed by atoms with Crippen molar-refractivity contribution in [1.29, 1.82) is 5.26 Å². The van der Waals surface area contributed by atoms with E-state index in [4.69, 9.17) is 9.78 Å². The maximum atomic E-state index is 8.57. The predicted octanol–water partition coefficient (Wildman–Crippen LogP) is 1.79. The number of aromatic nitrogens is 3. The number of nitrogens with zero attached hydrogens (tertiary/aromatic N) is 5. The summed E-state index contributed by atoms with van der Waals surface area (Å²) in [4.78, 5) is 10.3.